The molecule has 5 rings (SSSR count). The van der Waals surface area contributed by atoms with Crippen molar-refractivity contribution in [3.63, 3.8) is 0 Å². The van der Waals surface area contributed by atoms with Gasteiger partial charge in [-0.15, -0.1) is 0 Å². The zero-order valence-electron chi connectivity index (χ0n) is 21.1. The van der Waals surface area contributed by atoms with Crippen molar-refractivity contribution >= 4 is 12.0 Å². The minimum atomic E-state index is -0.680. The van der Waals surface area contributed by atoms with Gasteiger partial charge in [-0.3, -0.25) is 9.69 Å². The number of nitriles is 1. The Morgan fingerprint density at radius 1 is 1.11 bits per heavy atom. The number of benzene rings is 2. The van der Waals surface area contributed by atoms with Crippen molar-refractivity contribution in [1.29, 1.82) is 5.26 Å². The molecule has 1 N–H and O–H groups in total. The van der Waals surface area contributed by atoms with Crippen LogP contribution >= 0.6 is 0 Å². The highest BCUT2D eigenvalue weighted by molar-refractivity contribution is 5.87. The SMILES string of the molecule is CC(C)(C)OC(=O)N1C2CCC(C2)[C@H]1C(=O)N[C@H](C#N)Cc1ccc(-c2ccc3c(c2)COC3)cc1. The summed E-state index contributed by atoms with van der Waals surface area (Å²) in [5.41, 5.74) is 5.03. The lowest BCUT2D eigenvalue weighted by Crippen LogP contribution is -2.55. The average Bonchev–Trinajstić information content (AvgIpc) is 3.58. The summed E-state index contributed by atoms with van der Waals surface area (Å²) in [5.74, 6) is -0.157. The molecule has 2 heterocycles. The Hall–Kier alpha value is -3.37. The van der Waals surface area contributed by atoms with Crippen LogP contribution in [0.5, 0.6) is 0 Å². The molecule has 2 fully saturated rings. The van der Waals surface area contributed by atoms with Crippen molar-refractivity contribution in [2.75, 3.05) is 0 Å². The maximum atomic E-state index is 13.3. The van der Waals surface area contributed by atoms with E-state index in [9.17, 15) is 14.9 Å². The number of fused-ring (bicyclic) bond motifs is 3. The zero-order valence-corrected chi connectivity index (χ0v) is 21.1. The maximum absolute atomic E-state index is 13.3. The highest BCUT2D eigenvalue weighted by Crippen LogP contribution is 2.43. The second kappa shape index (κ2) is 9.59. The molecule has 7 nitrogen and oxygen atoms in total. The molecule has 0 radical (unpaired) electrons. The number of hydrogen-bond donors (Lipinski definition) is 1. The minimum absolute atomic E-state index is 0.0273. The molecule has 4 atom stereocenters. The molecular formula is C29H33N3O4. The number of likely N-dealkylation sites (tertiary alicyclic amines) is 1. The van der Waals surface area contributed by atoms with Gasteiger partial charge in [-0.25, -0.2) is 4.79 Å². The Morgan fingerprint density at radius 2 is 1.83 bits per heavy atom. The molecule has 3 aliphatic rings. The molecule has 7 heteroatoms. The molecule has 2 aliphatic heterocycles. The summed E-state index contributed by atoms with van der Waals surface area (Å²) in [6.07, 6.45) is 2.56. The standard InChI is InChI=1S/C29H33N3O4/c1-29(2,3)36-28(34)32-25-11-10-21(14-25)26(32)27(33)31-24(15-30)12-18-4-6-19(7-5-18)20-8-9-22-16-35-17-23(22)13-20/h4-9,13,21,24-26H,10-12,14,16-17H2,1-3H3,(H,31,33)/t21?,24-,25?,26-/m0/s1. The fraction of sp³-hybridized carbons (Fsp3) is 0.483. The lowest BCUT2D eigenvalue weighted by atomic mass is 9.96. The van der Waals surface area contributed by atoms with Gasteiger partial charge in [0.25, 0.3) is 0 Å². The topological polar surface area (TPSA) is 91.7 Å². The summed E-state index contributed by atoms with van der Waals surface area (Å²) in [5, 5.41) is 12.7. The molecule has 1 saturated carbocycles. The summed E-state index contributed by atoms with van der Waals surface area (Å²) >= 11 is 0. The van der Waals surface area contributed by atoms with Crippen molar-refractivity contribution in [3.8, 4) is 17.2 Å². The van der Waals surface area contributed by atoms with Gasteiger partial charge in [-0.05, 0) is 79.8 Å². The quantitative estimate of drug-likeness (QED) is 0.659. The summed E-state index contributed by atoms with van der Waals surface area (Å²) in [4.78, 5) is 27.8. The Labute approximate surface area is 212 Å². The fourth-order valence-electron chi connectivity index (χ4n) is 5.71. The van der Waals surface area contributed by atoms with Crippen molar-refractivity contribution in [1.82, 2.24) is 10.2 Å². The lowest BCUT2D eigenvalue weighted by Gasteiger charge is -2.35. The maximum Gasteiger partial charge on any atom is 0.411 e. The van der Waals surface area contributed by atoms with Gasteiger partial charge in [0, 0.05) is 12.5 Å². The third-order valence-corrected chi connectivity index (χ3v) is 7.38. The van der Waals surface area contributed by atoms with Gasteiger partial charge in [0.2, 0.25) is 5.91 Å². The molecule has 1 aliphatic carbocycles. The second-order valence-corrected chi connectivity index (χ2v) is 11.1. The Morgan fingerprint density at radius 3 is 2.56 bits per heavy atom. The predicted octanol–water partition coefficient (Wildman–Crippen LogP) is 4.72. The largest absolute Gasteiger partial charge is 0.444 e. The predicted molar refractivity (Wildman–Crippen MR) is 135 cm³/mol. The van der Waals surface area contributed by atoms with E-state index in [1.165, 1.54) is 11.1 Å². The second-order valence-electron chi connectivity index (χ2n) is 11.1. The number of hydrogen-bond acceptors (Lipinski definition) is 5. The number of nitrogens with zero attached hydrogens (tertiary/aromatic N) is 2. The molecule has 2 aromatic rings. The Kier molecular flexibility index (Phi) is 6.48. The first-order valence-corrected chi connectivity index (χ1v) is 12.7. The van der Waals surface area contributed by atoms with Crippen LogP contribution in [-0.4, -0.2) is 40.6 Å². The first-order valence-electron chi connectivity index (χ1n) is 12.7. The van der Waals surface area contributed by atoms with Crippen LogP contribution < -0.4 is 5.32 Å². The van der Waals surface area contributed by atoms with E-state index in [1.807, 2.05) is 45.0 Å². The number of ether oxygens (including phenoxy) is 2. The van der Waals surface area contributed by atoms with Crippen LogP contribution in [0.25, 0.3) is 11.1 Å². The zero-order chi connectivity index (χ0) is 25.4. The molecule has 36 heavy (non-hydrogen) atoms. The average molecular weight is 488 g/mol. The van der Waals surface area contributed by atoms with Gasteiger partial charge in [-0.2, -0.15) is 5.26 Å². The van der Waals surface area contributed by atoms with Crippen LogP contribution in [0.3, 0.4) is 0 Å². The number of piperidine rings is 1. The molecule has 2 bridgehead atoms. The van der Waals surface area contributed by atoms with Gasteiger partial charge in [0.1, 0.15) is 17.7 Å². The van der Waals surface area contributed by atoms with Gasteiger partial charge in [0.05, 0.1) is 19.3 Å². The Bertz CT molecular complexity index is 1190. The molecule has 2 aromatic carbocycles. The first kappa shape index (κ1) is 24.3. The van der Waals surface area contributed by atoms with E-state index in [4.69, 9.17) is 9.47 Å². The summed E-state index contributed by atoms with van der Waals surface area (Å²) in [6.45, 7) is 6.80. The van der Waals surface area contributed by atoms with Crippen LogP contribution in [-0.2, 0) is 33.9 Å². The monoisotopic (exact) mass is 487 g/mol. The molecule has 1 saturated heterocycles. The van der Waals surface area contributed by atoms with E-state index in [0.717, 1.165) is 36.0 Å². The van der Waals surface area contributed by atoms with Crippen molar-refractivity contribution in [3.05, 3.63) is 59.2 Å². The first-order chi connectivity index (χ1) is 17.2. The fourth-order valence-corrected chi connectivity index (χ4v) is 5.71. The van der Waals surface area contributed by atoms with Crippen LogP contribution in [0.2, 0.25) is 0 Å². The molecule has 188 valence electrons. The summed E-state index contributed by atoms with van der Waals surface area (Å²) in [6, 6.07) is 15.5. The number of nitrogens with one attached hydrogen (secondary N) is 1. The van der Waals surface area contributed by atoms with E-state index < -0.39 is 23.8 Å². The van der Waals surface area contributed by atoms with E-state index in [0.29, 0.717) is 19.6 Å². The number of carbonyl (C=O) groups is 2. The molecule has 2 unspecified atom stereocenters. The number of amides is 2. The van der Waals surface area contributed by atoms with Crippen LogP contribution in [0, 0.1) is 17.2 Å². The van der Waals surface area contributed by atoms with E-state index in [2.05, 4.69) is 29.6 Å². The van der Waals surface area contributed by atoms with Crippen molar-refractivity contribution in [2.24, 2.45) is 5.92 Å². The van der Waals surface area contributed by atoms with Crippen LogP contribution in [0.1, 0.15) is 56.7 Å². The van der Waals surface area contributed by atoms with Gasteiger partial charge >= 0.3 is 6.09 Å². The summed E-state index contributed by atoms with van der Waals surface area (Å²) < 4.78 is 11.1. The van der Waals surface area contributed by atoms with Crippen molar-refractivity contribution < 1.29 is 19.1 Å². The number of carbonyl (C=O) groups excluding carboxylic acids is 2. The summed E-state index contributed by atoms with van der Waals surface area (Å²) in [7, 11) is 0. The highest BCUT2D eigenvalue weighted by Gasteiger charge is 2.52. The molecular weight excluding hydrogens is 454 g/mol. The number of rotatable bonds is 5. The highest BCUT2D eigenvalue weighted by atomic mass is 16.6. The van der Waals surface area contributed by atoms with E-state index >= 15 is 0 Å². The van der Waals surface area contributed by atoms with Gasteiger partial charge in [0.15, 0.2) is 0 Å². The van der Waals surface area contributed by atoms with Gasteiger partial charge in [-0.1, -0.05) is 36.4 Å². The van der Waals surface area contributed by atoms with E-state index in [1.54, 1.807) is 4.90 Å². The molecule has 2 amide bonds. The lowest BCUT2D eigenvalue weighted by molar-refractivity contribution is -0.128. The minimum Gasteiger partial charge on any atom is -0.444 e. The Balaban J connectivity index is 1.24. The van der Waals surface area contributed by atoms with Crippen LogP contribution in [0.15, 0.2) is 42.5 Å². The van der Waals surface area contributed by atoms with E-state index in [-0.39, 0.29) is 17.9 Å². The normalized spacial score (nSPS) is 23.2. The molecule has 0 aromatic heterocycles. The van der Waals surface area contributed by atoms with Crippen LogP contribution in [0.4, 0.5) is 4.79 Å². The molecule has 0 spiro atoms. The van der Waals surface area contributed by atoms with Gasteiger partial charge < -0.3 is 14.8 Å². The third kappa shape index (κ3) is 4.96. The van der Waals surface area contributed by atoms with Crippen molar-refractivity contribution in [2.45, 2.75) is 83.4 Å². The smallest absolute Gasteiger partial charge is 0.411 e. The third-order valence-electron chi connectivity index (χ3n) is 7.38.